The van der Waals surface area contributed by atoms with Crippen molar-refractivity contribution in [2.75, 3.05) is 20.2 Å². The Bertz CT molecular complexity index is 840. The maximum Gasteiger partial charge on any atom is 0.162 e. The third-order valence-electron chi connectivity index (χ3n) is 5.05. The fourth-order valence-electron chi connectivity index (χ4n) is 3.61. The van der Waals surface area contributed by atoms with E-state index in [1.165, 1.54) is 24.8 Å². The van der Waals surface area contributed by atoms with Crippen molar-refractivity contribution >= 4 is 5.65 Å². The van der Waals surface area contributed by atoms with Gasteiger partial charge in [0.25, 0.3) is 0 Å². The van der Waals surface area contributed by atoms with Crippen LogP contribution in [0.4, 0.5) is 0 Å². The van der Waals surface area contributed by atoms with Gasteiger partial charge >= 0.3 is 0 Å². The summed E-state index contributed by atoms with van der Waals surface area (Å²) in [6, 6.07) is 10.3. The first-order chi connectivity index (χ1) is 12.8. The summed E-state index contributed by atoms with van der Waals surface area (Å²) in [6.45, 7) is 2.84. The maximum absolute atomic E-state index is 5.83. The Morgan fingerprint density at radius 3 is 2.88 bits per heavy atom. The monoisotopic (exact) mass is 350 g/mol. The van der Waals surface area contributed by atoms with E-state index in [-0.39, 0.29) is 0 Å². The topological polar surface area (TPSA) is 42.7 Å². The number of aromatic nitrogens is 3. The second-order valence-electron chi connectivity index (χ2n) is 7.17. The van der Waals surface area contributed by atoms with Gasteiger partial charge in [0.15, 0.2) is 5.65 Å². The molecule has 1 aromatic carbocycles. The van der Waals surface area contributed by atoms with Crippen LogP contribution in [0.15, 0.2) is 48.9 Å². The highest BCUT2D eigenvalue weighted by Gasteiger charge is 2.15. The lowest BCUT2D eigenvalue weighted by Crippen LogP contribution is -2.26. The fourth-order valence-corrected chi connectivity index (χ4v) is 3.61. The van der Waals surface area contributed by atoms with Crippen molar-refractivity contribution in [3.8, 4) is 11.1 Å². The van der Waals surface area contributed by atoms with Gasteiger partial charge in [0.05, 0.1) is 12.3 Å². The van der Waals surface area contributed by atoms with Crippen LogP contribution in [0.5, 0.6) is 0 Å². The van der Waals surface area contributed by atoms with Gasteiger partial charge in [-0.2, -0.15) is 5.10 Å². The van der Waals surface area contributed by atoms with E-state index in [0.29, 0.717) is 6.10 Å². The van der Waals surface area contributed by atoms with Gasteiger partial charge in [-0.05, 0) is 38.3 Å². The second-order valence-corrected chi connectivity index (χ2v) is 7.17. The Morgan fingerprint density at radius 2 is 2.08 bits per heavy atom. The molecule has 2 aromatic heterocycles. The van der Waals surface area contributed by atoms with E-state index in [1.807, 2.05) is 35.1 Å². The highest BCUT2D eigenvalue weighted by atomic mass is 16.5. The average Bonchev–Trinajstić information content (AvgIpc) is 3.11. The average molecular weight is 350 g/mol. The molecule has 0 N–H and O–H groups in total. The highest BCUT2D eigenvalue weighted by Crippen LogP contribution is 2.23. The van der Waals surface area contributed by atoms with Crippen LogP contribution < -0.4 is 0 Å². The van der Waals surface area contributed by atoms with Crippen LogP contribution >= 0.6 is 0 Å². The molecule has 0 saturated carbocycles. The van der Waals surface area contributed by atoms with E-state index >= 15 is 0 Å². The summed E-state index contributed by atoms with van der Waals surface area (Å²) in [5.74, 6) is 0. The Hall–Kier alpha value is -2.24. The van der Waals surface area contributed by atoms with E-state index in [0.717, 1.165) is 42.9 Å². The first-order valence-electron chi connectivity index (χ1n) is 9.47. The summed E-state index contributed by atoms with van der Waals surface area (Å²) in [5.41, 5.74) is 4.29. The lowest BCUT2D eigenvalue weighted by atomic mass is 10.1. The van der Waals surface area contributed by atoms with Crippen LogP contribution in [0.2, 0.25) is 0 Å². The third kappa shape index (κ3) is 3.94. The second kappa shape index (κ2) is 7.98. The number of fused-ring (bicyclic) bond motifs is 1. The zero-order valence-electron chi connectivity index (χ0n) is 15.3. The summed E-state index contributed by atoms with van der Waals surface area (Å²) in [5, 5.41) is 4.50. The van der Waals surface area contributed by atoms with Crippen LogP contribution in [0.25, 0.3) is 16.8 Å². The summed E-state index contributed by atoms with van der Waals surface area (Å²) < 4.78 is 7.71. The van der Waals surface area contributed by atoms with Crippen LogP contribution in [-0.2, 0) is 11.3 Å². The van der Waals surface area contributed by atoms with Crippen LogP contribution in [-0.4, -0.2) is 45.8 Å². The molecular weight excluding hydrogens is 324 g/mol. The minimum absolute atomic E-state index is 0.436. The fraction of sp³-hybridized carbons (Fsp3) is 0.429. The van der Waals surface area contributed by atoms with Gasteiger partial charge in [-0.25, -0.2) is 9.50 Å². The predicted molar refractivity (Wildman–Crippen MR) is 103 cm³/mol. The van der Waals surface area contributed by atoms with Gasteiger partial charge in [0, 0.05) is 43.2 Å². The Balaban J connectivity index is 1.41. The Labute approximate surface area is 154 Å². The molecule has 5 nitrogen and oxygen atoms in total. The zero-order chi connectivity index (χ0) is 17.8. The van der Waals surface area contributed by atoms with Crippen molar-refractivity contribution in [2.45, 2.75) is 38.3 Å². The standard InChI is InChI=1S/C21H26N4O/c1-24(11-10-19-9-5-6-12-26-19)15-17-13-22-21-20(14-23-25(21)16-17)18-7-3-2-4-8-18/h2-4,7-8,13-14,16,19H,5-6,9-12,15H2,1H3/t19-/m0/s1. The Kier molecular flexibility index (Phi) is 5.27. The molecule has 0 unspecified atom stereocenters. The SMILES string of the molecule is CN(CC[C@@H]1CCCCO1)Cc1cnc2c(-c3ccccc3)cnn2c1. The molecule has 1 fully saturated rings. The van der Waals surface area contributed by atoms with E-state index in [2.05, 4.69) is 40.4 Å². The minimum atomic E-state index is 0.436. The van der Waals surface area contributed by atoms with Crippen LogP contribution in [0, 0.1) is 0 Å². The Morgan fingerprint density at radius 1 is 1.19 bits per heavy atom. The molecule has 3 heterocycles. The van der Waals surface area contributed by atoms with Crippen LogP contribution in [0.1, 0.15) is 31.2 Å². The number of rotatable bonds is 6. The number of ether oxygens (including phenoxy) is 1. The van der Waals surface area contributed by atoms with Crippen LogP contribution in [0.3, 0.4) is 0 Å². The molecule has 0 bridgehead atoms. The van der Waals surface area contributed by atoms with Gasteiger partial charge in [-0.15, -0.1) is 0 Å². The summed E-state index contributed by atoms with van der Waals surface area (Å²) in [7, 11) is 2.16. The van der Waals surface area contributed by atoms with Gasteiger partial charge in [-0.1, -0.05) is 30.3 Å². The van der Waals surface area contributed by atoms with E-state index in [4.69, 9.17) is 4.74 Å². The molecule has 0 spiro atoms. The molecule has 0 aliphatic carbocycles. The highest BCUT2D eigenvalue weighted by molar-refractivity contribution is 5.76. The summed E-state index contributed by atoms with van der Waals surface area (Å²) in [4.78, 5) is 7.01. The van der Waals surface area contributed by atoms with Crippen molar-refractivity contribution in [2.24, 2.45) is 0 Å². The maximum atomic E-state index is 5.83. The lowest BCUT2D eigenvalue weighted by Gasteiger charge is -2.25. The first-order valence-corrected chi connectivity index (χ1v) is 9.47. The van der Waals surface area contributed by atoms with Crippen molar-refractivity contribution < 1.29 is 4.74 Å². The number of hydrogen-bond donors (Lipinski definition) is 0. The number of nitrogens with zero attached hydrogens (tertiary/aromatic N) is 4. The van der Waals surface area contributed by atoms with E-state index in [1.54, 1.807) is 0 Å². The first kappa shape index (κ1) is 17.2. The van der Waals surface area contributed by atoms with Gasteiger partial charge in [0.2, 0.25) is 0 Å². The van der Waals surface area contributed by atoms with Crippen molar-refractivity contribution in [3.05, 3.63) is 54.5 Å². The molecular formula is C21H26N4O. The zero-order valence-corrected chi connectivity index (χ0v) is 15.3. The molecule has 26 heavy (non-hydrogen) atoms. The molecule has 4 rings (SSSR count). The minimum Gasteiger partial charge on any atom is -0.378 e. The predicted octanol–water partition coefficient (Wildman–Crippen LogP) is 3.79. The molecule has 0 radical (unpaired) electrons. The molecule has 136 valence electrons. The molecule has 1 saturated heterocycles. The van der Waals surface area contributed by atoms with Crippen molar-refractivity contribution in [3.63, 3.8) is 0 Å². The van der Waals surface area contributed by atoms with Gasteiger partial charge < -0.3 is 9.64 Å². The molecule has 1 aliphatic rings. The van der Waals surface area contributed by atoms with E-state index < -0.39 is 0 Å². The normalized spacial score (nSPS) is 17.8. The van der Waals surface area contributed by atoms with Gasteiger partial charge in [0.1, 0.15) is 0 Å². The van der Waals surface area contributed by atoms with Crippen molar-refractivity contribution in [1.29, 1.82) is 0 Å². The smallest absolute Gasteiger partial charge is 0.162 e. The summed E-state index contributed by atoms with van der Waals surface area (Å²) in [6.07, 6.45) is 11.2. The molecule has 3 aromatic rings. The molecule has 0 amide bonds. The summed E-state index contributed by atoms with van der Waals surface area (Å²) >= 11 is 0. The molecule has 5 heteroatoms. The van der Waals surface area contributed by atoms with E-state index in [9.17, 15) is 0 Å². The van der Waals surface area contributed by atoms with Gasteiger partial charge in [-0.3, -0.25) is 0 Å². The largest absolute Gasteiger partial charge is 0.378 e. The molecule has 1 aliphatic heterocycles. The van der Waals surface area contributed by atoms with Crippen molar-refractivity contribution in [1.82, 2.24) is 19.5 Å². The number of benzene rings is 1. The number of hydrogen-bond acceptors (Lipinski definition) is 4. The third-order valence-corrected chi connectivity index (χ3v) is 5.05. The molecule has 1 atom stereocenters. The quantitative estimate of drug-likeness (QED) is 0.678. The lowest BCUT2D eigenvalue weighted by molar-refractivity contribution is 0.00640.